The minimum absolute atomic E-state index is 0.0478. The predicted octanol–water partition coefficient (Wildman–Crippen LogP) is 4.13. The highest BCUT2D eigenvalue weighted by Gasteiger charge is 2.41. The summed E-state index contributed by atoms with van der Waals surface area (Å²) >= 11 is 0. The van der Waals surface area contributed by atoms with Gasteiger partial charge in [0, 0.05) is 19.2 Å². The number of carbonyl (C=O) groups is 1. The molecule has 1 aromatic rings. The van der Waals surface area contributed by atoms with Gasteiger partial charge in [-0.25, -0.2) is 9.11 Å². The molecule has 0 aromatic heterocycles. The van der Waals surface area contributed by atoms with Crippen molar-refractivity contribution < 1.29 is 35.5 Å². The highest BCUT2D eigenvalue weighted by Crippen LogP contribution is 2.46. The second-order valence-electron chi connectivity index (χ2n) is 8.90. The summed E-state index contributed by atoms with van der Waals surface area (Å²) < 4.78 is 86.3. The van der Waals surface area contributed by atoms with E-state index in [0.29, 0.717) is 37.9 Å². The number of rotatable bonds is 7. The van der Waals surface area contributed by atoms with Crippen LogP contribution in [-0.4, -0.2) is 44.5 Å². The standard InChI is InChI=1S/C21H26F4N2O4S/c22-18-11-19(31-12-13-2-6-15(7-3-13)21(23,24)25)16(14-4-5-14)10-17(18)20(28)26-32(29,30)27-8-1-9-27/h10-11,13-15H,1-9,12H2,(H,26,28). The fourth-order valence-electron chi connectivity index (χ4n) is 4.21. The summed E-state index contributed by atoms with van der Waals surface area (Å²) in [5.41, 5.74) is 0.260. The quantitative estimate of drug-likeness (QED) is 0.598. The Bertz CT molecular complexity index is 967. The average molecular weight is 479 g/mol. The third-order valence-corrected chi connectivity index (χ3v) is 8.01. The summed E-state index contributed by atoms with van der Waals surface area (Å²) in [4.78, 5) is 12.5. The number of nitrogens with zero attached hydrogens (tertiary/aromatic N) is 1. The Morgan fingerprint density at radius 3 is 2.28 bits per heavy atom. The van der Waals surface area contributed by atoms with Gasteiger partial charge in [0.05, 0.1) is 18.1 Å². The summed E-state index contributed by atoms with van der Waals surface area (Å²) in [6.45, 7) is 0.810. The van der Waals surface area contributed by atoms with Gasteiger partial charge >= 0.3 is 16.4 Å². The number of ether oxygens (including phenoxy) is 1. The number of hydrogen-bond acceptors (Lipinski definition) is 4. The fraction of sp³-hybridized carbons (Fsp3) is 0.667. The van der Waals surface area contributed by atoms with Gasteiger partial charge in [0.1, 0.15) is 11.6 Å². The summed E-state index contributed by atoms with van der Waals surface area (Å²) in [6.07, 6.45) is -0.886. The molecule has 3 fully saturated rings. The van der Waals surface area contributed by atoms with E-state index >= 15 is 0 Å². The van der Waals surface area contributed by atoms with Gasteiger partial charge in [-0.3, -0.25) is 4.79 Å². The Hall–Kier alpha value is -1.88. The zero-order valence-electron chi connectivity index (χ0n) is 17.5. The molecular formula is C21H26F4N2O4S. The third-order valence-electron chi connectivity index (χ3n) is 6.52. The van der Waals surface area contributed by atoms with Gasteiger partial charge in [0.2, 0.25) is 0 Å². The highest BCUT2D eigenvalue weighted by atomic mass is 32.2. The first-order valence-electron chi connectivity index (χ1n) is 10.9. The van der Waals surface area contributed by atoms with Crippen LogP contribution in [0.1, 0.15) is 66.8 Å². The maximum absolute atomic E-state index is 14.7. The molecule has 178 valence electrons. The molecule has 0 atom stereocenters. The topological polar surface area (TPSA) is 75.7 Å². The van der Waals surface area contributed by atoms with Crippen LogP contribution < -0.4 is 9.46 Å². The number of hydrogen-bond donors (Lipinski definition) is 1. The van der Waals surface area contributed by atoms with Crippen molar-refractivity contribution in [2.45, 2.75) is 57.0 Å². The van der Waals surface area contributed by atoms with E-state index in [4.69, 9.17) is 4.74 Å². The van der Waals surface area contributed by atoms with Crippen LogP contribution in [0.3, 0.4) is 0 Å². The van der Waals surface area contributed by atoms with Crippen molar-refractivity contribution in [3.05, 3.63) is 29.1 Å². The Balaban J connectivity index is 1.42. The lowest BCUT2D eigenvalue weighted by Gasteiger charge is -2.30. The molecule has 1 N–H and O–H groups in total. The first-order chi connectivity index (χ1) is 15.0. The Morgan fingerprint density at radius 1 is 1.09 bits per heavy atom. The van der Waals surface area contributed by atoms with Crippen LogP contribution in [-0.2, 0) is 10.2 Å². The SMILES string of the molecule is O=C(NS(=O)(=O)N1CCC1)c1cc(C2CC2)c(OCC2CCC(C(F)(F)F)CC2)cc1F. The van der Waals surface area contributed by atoms with Crippen molar-refractivity contribution in [2.75, 3.05) is 19.7 Å². The van der Waals surface area contributed by atoms with E-state index in [2.05, 4.69) is 0 Å². The maximum atomic E-state index is 14.7. The molecule has 11 heteroatoms. The van der Waals surface area contributed by atoms with Crippen molar-refractivity contribution in [3.63, 3.8) is 0 Å². The normalized spacial score (nSPS) is 24.6. The summed E-state index contributed by atoms with van der Waals surface area (Å²) in [7, 11) is -4.00. The van der Waals surface area contributed by atoms with Crippen LogP contribution in [0.15, 0.2) is 12.1 Å². The van der Waals surface area contributed by atoms with Gasteiger partial charge in [0.25, 0.3) is 5.91 Å². The number of amides is 1. The van der Waals surface area contributed by atoms with Crippen LogP contribution in [0.25, 0.3) is 0 Å². The Kier molecular flexibility index (Phi) is 6.41. The lowest BCUT2D eigenvalue weighted by molar-refractivity contribution is -0.184. The van der Waals surface area contributed by atoms with E-state index in [-0.39, 0.29) is 42.6 Å². The molecule has 1 heterocycles. The number of alkyl halides is 3. The molecule has 0 unspecified atom stereocenters. The zero-order chi connectivity index (χ0) is 23.1. The number of benzene rings is 1. The first-order valence-corrected chi connectivity index (χ1v) is 12.3. The van der Waals surface area contributed by atoms with E-state index < -0.39 is 34.0 Å². The van der Waals surface area contributed by atoms with Gasteiger partial charge < -0.3 is 4.74 Å². The Labute approximate surface area is 184 Å². The monoisotopic (exact) mass is 478 g/mol. The molecular weight excluding hydrogens is 452 g/mol. The van der Waals surface area contributed by atoms with Gasteiger partial charge in [0.15, 0.2) is 0 Å². The third kappa shape index (κ3) is 5.19. The zero-order valence-corrected chi connectivity index (χ0v) is 18.3. The van der Waals surface area contributed by atoms with Gasteiger partial charge in [-0.05, 0) is 68.4 Å². The minimum Gasteiger partial charge on any atom is -0.493 e. The molecule has 1 aromatic carbocycles. The summed E-state index contributed by atoms with van der Waals surface area (Å²) in [5, 5.41) is 0. The molecule has 2 saturated carbocycles. The molecule has 1 saturated heterocycles. The van der Waals surface area contributed by atoms with E-state index in [1.807, 2.05) is 4.72 Å². The number of halogens is 4. The molecule has 1 amide bonds. The lowest BCUT2D eigenvalue weighted by atomic mass is 9.82. The molecule has 3 aliphatic rings. The molecule has 4 rings (SSSR count). The van der Waals surface area contributed by atoms with Crippen molar-refractivity contribution in [1.82, 2.24) is 9.03 Å². The van der Waals surface area contributed by atoms with E-state index in [1.165, 1.54) is 6.07 Å². The van der Waals surface area contributed by atoms with Crippen molar-refractivity contribution in [2.24, 2.45) is 11.8 Å². The second kappa shape index (κ2) is 8.81. The molecule has 1 aliphatic heterocycles. The summed E-state index contributed by atoms with van der Waals surface area (Å²) in [5.74, 6) is -2.90. The predicted molar refractivity (Wildman–Crippen MR) is 108 cm³/mol. The second-order valence-corrected chi connectivity index (χ2v) is 10.6. The molecule has 0 bridgehead atoms. The smallest absolute Gasteiger partial charge is 0.391 e. The molecule has 0 spiro atoms. The van der Waals surface area contributed by atoms with Crippen LogP contribution in [0, 0.1) is 17.7 Å². The van der Waals surface area contributed by atoms with E-state index in [1.54, 1.807) is 0 Å². The first kappa shape index (κ1) is 23.3. The van der Waals surface area contributed by atoms with Gasteiger partial charge in [-0.1, -0.05) is 0 Å². The largest absolute Gasteiger partial charge is 0.493 e. The Morgan fingerprint density at radius 2 is 1.75 bits per heavy atom. The van der Waals surface area contributed by atoms with Crippen LogP contribution in [0.5, 0.6) is 5.75 Å². The summed E-state index contributed by atoms with van der Waals surface area (Å²) in [6, 6.07) is 2.42. The van der Waals surface area contributed by atoms with Crippen molar-refractivity contribution in [1.29, 1.82) is 0 Å². The van der Waals surface area contributed by atoms with Gasteiger partial charge in [-0.15, -0.1) is 0 Å². The van der Waals surface area contributed by atoms with Crippen LogP contribution in [0.4, 0.5) is 17.6 Å². The number of carbonyl (C=O) groups excluding carboxylic acids is 1. The molecule has 2 aliphatic carbocycles. The van der Waals surface area contributed by atoms with Crippen molar-refractivity contribution >= 4 is 16.1 Å². The lowest BCUT2D eigenvalue weighted by Crippen LogP contribution is -2.49. The average Bonchev–Trinajstić information content (AvgIpc) is 3.48. The van der Waals surface area contributed by atoms with Gasteiger partial charge in [-0.2, -0.15) is 25.9 Å². The minimum atomic E-state index is -4.17. The molecule has 0 radical (unpaired) electrons. The van der Waals surface area contributed by atoms with Crippen LogP contribution in [0.2, 0.25) is 0 Å². The number of nitrogens with one attached hydrogen (secondary N) is 1. The maximum Gasteiger partial charge on any atom is 0.391 e. The van der Waals surface area contributed by atoms with Crippen LogP contribution >= 0.6 is 0 Å². The van der Waals surface area contributed by atoms with Crippen molar-refractivity contribution in [3.8, 4) is 5.75 Å². The fourth-order valence-corrected chi connectivity index (χ4v) is 5.42. The van der Waals surface area contributed by atoms with E-state index in [0.717, 1.165) is 23.2 Å². The molecule has 32 heavy (non-hydrogen) atoms. The van der Waals surface area contributed by atoms with E-state index in [9.17, 15) is 30.8 Å². The molecule has 6 nitrogen and oxygen atoms in total. The highest BCUT2D eigenvalue weighted by molar-refractivity contribution is 7.87.